The van der Waals surface area contributed by atoms with Gasteiger partial charge >= 0.3 is 5.97 Å². The first kappa shape index (κ1) is 15.9. The summed E-state index contributed by atoms with van der Waals surface area (Å²) in [5.41, 5.74) is -0.567. The van der Waals surface area contributed by atoms with Crippen LogP contribution in [-0.4, -0.2) is 25.0 Å². The zero-order valence-electron chi connectivity index (χ0n) is 10.9. The van der Waals surface area contributed by atoms with Crippen molar-refractivity contribution >= 4 is 27.6 Å². The Kier molecular flexibility index (Phi) is 4.60. The minimum atomic E-state index is -3.78. The Bertz CT molecular complexity index is 596. The maximum atomic E-state index is 12.2. The molecule has 0 bridgehead atoms. The van der Waals surface area contributed by atoms with Crippen LogP contribution < -0.4 is 4.72 Å². The molecule has 2 N–H and O–H groups in total. The smallest absolute Gasteiger partial charge is 0.305 e. The van der Waals surface area contributed by atoms with Crippen LogP contribution in [0.2, 0.25) is 5.02 Å². The fraction of sp³-hybridized carbons (Fsp3) is 0.417. The number of hydrogen-bond donors (Lipinski definition) is 2. The second-order valence-corrected chi connectivity index (χ2v) is 7.06. The zero-order valence-corrected chi connectivity index (χ0v) is 12.5. The van der Waals surface area contributed by atoms with Gasteiger partial charge in [-0.1, -0.05) is 11.6 Å². The topological polar surface area (TPSA) is 83.5 Å². The van der Waals surface area contributed by atoms with E-state index in [2.05, 4.69) is 4.72 Å². The Labute approximate surface area is 117 Å². The van der Waals surface area contributed by atoms with Crippen molar-refractivity contribution in [3.05, 3.63) is 28.8 Å². The van der Waals surface area contributed by atoms with E-state index < -0.39 is 21.5 Å². The maximum Gasteiger partial charge on any atom is 0.305 e. The molecule has 1 aromatic carbocycles. The lowest BCUT2D eigenvalue weighted by Crippen LogP contribution is -2.44. The van der Waals surface area contributed by atoms with Gasteiger partial charge in [0.2, 0.25) is 10.0 Å². The van der Waals surface area contributed by atoms with Gasteiger partial charge in [0.1, 0.15) is 0 Å². The van der Waals surface area contributed by atoms with E-state index in [0.717, 1.165) is 0 Å². The summed E-state index contributed by atoms with van der Waals surface area (Å²) in [6, 6.07) is 4.42. The SMILES string of the molecule is Cc1cc(Cl)ccc1S(=O)(=O)NC(C)(C)CC(=O)O. The number of carboxylic acid groups (broad SMARTS) is 1. The molecule has 0 aliphatic heterocycles. The molecule has 0 atom stereocenters. The molecular formula is C12H16ClNO4S. The van der Waals surface area contributed by atoms with Crippen LogP contribution in [0.5, 0.6) is 0 Å². The van der Waals surface area contributed by atoms with Crippen molar-refractivity contribution in [1.82, 2.24) is 4.72 Å². The second-order valence-electron chi connectivity index (χ2n) is 4.97. The van der Waals surface area contributed by atoms with Gasteiger partial charge in [-0.3, -0.25) is 4.79 Å². The lowest BCUT2D eigenvalue weighted by Gasteiger charge is -2.24. The van der Waals surface area contributed by atoms with Crippen LogP contribution in [0.3, 0.4) is 0 Å². The molecule has 0 saturated carbocycles. The molecule has 7 heteroatoms. The van der Waals surface area contributed by atoms with Gasteiger partial charge in [0.25, 0.3) is 0 Å². The minimum absolute atomic E-state index is 0.0929. The largest absolute Gasteiger partial charge is 0.481 e. The molecule has 106 valence electrons. The second kappa shape index (κ2) is 5.48. The number of carbonyl (C=O) groups is 1. The number of carboxylic acids is 1. The molecule has 19 heavy (non-hydrogen) atoms. The standard InChI is InChI=1S/C12H16ClNO4S/c1-8-6-9(13)4-5-10(8)19(17,18)14-12(2,3)7-11(15)16/h4-6,14H,7H2,1-3H3,(H,15,16). The van der Waals surface area contributed by atoms with Gasteiger partial charge in [0.15, 0.2) is 0 Å². The predicted octanol–water partition coefficient (Wildman–Crippen LogP) is 2.18. The third-order valence-corrected chi connectivity index (χ3v) is 4.52. The summed E-state index contributed by atoms with van der Waals surface area (Å²) in [7, 11) is -3.78. The third kappa shape index (κ3) is 4.49. The summed E-state index contributed by atoms with van der Waals surface area (Å²) < 4.78 is 26.8. The molecule has 0 radical (unpaired) electrons. The Morgan fingerprint density at radius 3 is 2.47 bits per heavy atom. The van der Waals surface area contributed by atoms with Gasteiger partial charge in [0.05, 0.1) is 11.3 Å². The number of halogens is 1. The van der Waals surface area contributed by atoms with E-state index >= 15 is 0 Å². The molecule has 0 spiro atoms. The molecule has 0 saturated heterocycles. The molecular weight excluding hydrogens is 290 g/mol. The molecule has 0 aliphatic rings. The minimum Gasteiger partial charge on any atom is -0.481 e. The molecule has 1 rings (SSSR count). The van der Waals surface area contributed by atoms with Crippen molar-refractivity contribution in [2.75, 3.05) is 0 Å². The fourth-order valence-electron chi connectivity index (χ4n) is 1.75. The van der Waals surface area contributed by atoms with Crippen LogP contribution in [0.15, 0.2) is 23.1 Å². The molecule has 0 fully saturated rings. The van der Waals surface area contributed by atoms with Crippen LogP contribution in [0.25, 0.3) is 0 Å². The van der Waals surface area contributed by atoms with E-state index in [1.54, 1.807) is 13.0 Å². The summed E-state index contributed by atoms with van der Waals surface area (Å²) in [5.74, 6) is -1.07. The molecule has 0 heterocycles. The van der Waals surface area contributed by atoms with Crippen molar-refractivity contribution in [2.45, 2.75) is 37.6 Å². The molecule has 0 aliphatic carbocycles. The first-order valence-electron chi connectivity index (χ1n) is 5.55. The highest BCUT2D eigenvalue weighted by molar-refractivity contribution is 7.89. The van der Waals surface area contributed by atoms with Crippen molar-refractivity contribution in [2.24, 2.45) is 0 Å². The Hall–Kier alpha value is -1.11. The van der Waals surface area contributed by atoms with Gasteiger partial charge in [-0.2, -0.15) is 0 Å². The normalized spacial score (nSPS) is 12.4. The molecule has 0 aromatic heterocycles. The van der Waals surface area contributed by atoms with E-state index in [1.807, 2.05) is 0 Å². The summed E-state index contributed by atoms with van der Waals surface area (Å²) in [6.45, 7) is 4.67. The molecule has 0 unspecified atom stereocenters. The van der Waals surface area contributed by atoms with Crippen LogP contribution in [0.4, 0.5) is 0 Å². The summed E-state index contributed by atoms with van der Waals surface area (Å²) >= 11 is 5.78. The zero-order chi connectivity index (χ0) is 14.8. The average Bonchev–Trinajstić information content (AvgIpc) is 2.11. The Morgan fingerprint density at radius 1 is 1.42 bits per heavy atom. The number of aryl methyl sites for hydroxylation is 1. The maximum absolute atomic E-state index is 12.2. The summed E-state index contributed by atoms with van der Waals surface area (Å²) in [5, 5.41) is 9.20. The van der Waals surface area contributed by atoms with Gasteiger partial charge in [-0.05, 0) is 44.5 Å². The van der Waals surface area contributed by atoms with Gasteiger partial charge in [-0.25, -0.2) is 13.1 Å². The number of rotatable bonds is 5. The lowest BCUT2D eigenvalue weighted by atomic mass is 10.0. The van der Waals surface area contributed by atoms with Crippen LogP contribution in [-0.2, 0) is 14.8 Å². The highest BCUT2D eigenvalue weighted by Crippen LogP contribution is 2.21. The first-order valence-corrected chi connectivity index (χ1v) is 7.41. The number of benzene rings is 1. The van der Waals surface area contributed by atoms with E-state index in [0.29, 0.717) is 10.6 Å². The van der Waals surface area contributed by atoms with E-state index in [4.69, 9.17) is 16.7 Å². The number of nitrogens with one attached hydrogen (secondary N) is 1. The van der Waals surface area contributed by atoms with Crippen molar-refractivity contribution < 1.29 is 18.3 Å². The highest BCUT2D eigenvalue weighted by atomic mass is 35.5. The lowest BCUT2D eigenvalue weighted by molar-refractivity contribution is -0.138. The summed E-state index contributed by atoms with van der Waals surface area (Å²) in [6.07, 6.45) is -0.307. The van der Waals surface area contributed by atoms with Gasteiger partial charge in [-0.15, -0.1) is 0 Å². The van der Waals surface area contributed by atoms with Crippen LogP contribution in [0, 0.1) is 6.92 Å². The molecule has 5 nitrogen and oxygen atoms in total. The van der Waals surface area contributed by atoms with Crippen LogP contribution >= 0.6 is 11.6 Å². The van der Waals surface area contributed by atoms with Gasteiger partial charge < -0.3 is 5.11 Å². The molecule has 1 aromatic rings. The van der Waals surface area contributed by atoms with Crippen LogP contribution in [0.1, 0.15) is 25.8 Å². The number of aliphatic carboxylic acids is 1. The first-order chi connectivity index (χ1) is 8.53. The Morgan fingerprint density at radius 2 is 2.00 bits per heavy atom. The Balaban J connectivity index is 3.08. The summed E-state index contributed by atoms with van der Waals surface area (Å²) in [4.78, 5) is 10.8. The van der Waals surface area contributed by atoms with E-state index in [-0.39, 0.29) is 11.3 Å². The monoisotopic (exact) mass is 305 g/mol. The quantitative estimate of drug-likeness (QED) is 0.873. The third-order valence-electron chi connectivity index (χ3n) is 2.43. The van der Waals surface area contributed by atoms with Gasteiger partial charge in [0, 0.05) is 10.6 Å². The van der Waals surface area contributed by atoms with E-state index in [1.165, 1.54) is 26.0 Å². The van der Waals surface area contributed by atoms with Crippen molar-refractivity contribution in [3.8, 4) is 0 Å². The highest BCUT2D eigenvalue weighted by Gasteiger charge is 2.29. The predicted molar refractivity (Wildman–Crippen MR) is 72.8 cm³/mol. The number of hydrogen-bond acceptors (Lipinski definition) is 3. The van der Waals surface area contributed by atoms with Crippen molar-refractivity contribution in [1.29, 1.82) is 0 Å². The average molecular weight is 306 g/mol. The van der Waals surface area contributed by atoms with Crippen molar-refractivity contribution in [3.63, 3.8) is 0 Å². The van der Waals surface area contributed by atoms with E-state index in [9.17, 15) is 13.2 Å². The fourth-order valence-corrected chi connectivity index (χ4v) is 3.61. The molecule has 0 amide bonds. The number of sulfonamides is 1.